The number of rotatable bonds is 5. The molecule has 0 fully saturated rings. The van der Waals surface area contributed by atoms with E-state index in [1.165, 1.54) is 29.1 Å². The van der Waals surface area contributed by atoms with Crippen molar-refractivity contribution in [2.75, 3.05) is 13.7 Å². The molecule has 8 nitrogen and oxygen atoms in total. The van der Waals surface area contributed by atoms with E-state index in [1.807, 2.05) is 0 Å². The summed E-state index contributed by atoms with van der Waals surface area (Å²) in [7, 11) is 1.31. The number of fused-ring (bicyclic) bond motifs is 1. The highest BCUT2D eigenvalue weighted by atomic mass is 32.1. The highest BCUT2D eigenvalue weighted by Crippen LogP contribution is 2.36. The molecule has 126 valence electrons. The lowest BCUT2D eigenvalue weighted by molar-refractivity contribution is -0.134. The van der Waals surface area contributed by atoms with Gasteiger partial charge in [0.1, 0.15) is 11.3 Å². The van der Waals surface area contributed by atoms with Crippen LogP contribution in [0.1, 0.15) is 33.6 Å². The Morgan fingerprint density at radius 2 is 2.25 bits per heavy atom. The third kappa shape index (κ3) is 3.35. The van der Waals surface area contributed by atoms with Crippen molar-refractivity contribution >= 4 is 23.2 Å². The van der Waals surface area contributed by atoms with Gasteiger partial charge in [-0.1, -0.05) is 6.08 Å². The van der Waals surface area contributed by atoms with Gasteiger partial charge < -0.3 is 10.1 Å². The number of nitrogens with one attached hydrogen (secondary N) is 1. The summed E-state index contributed by atoms with van der Waals surface area (Å²) in [5, 5.41) is 14.8. The zero-order valence-electron chi connectivity index (χ0n) is 13.2. The molecule has 9 heteroatoms. The fourth-order valence-electron chi connectivity index (χ4n) is 2.66. The number of aromatic nitrogens is 4. The number of tetrazole rings is 1. The average molecular weight is 347 g/mol. The predicted octanol–water partition coefficient (Wildman–Crippen LogP) is 1.06. The van der Waals surface area contributed by atoms with Gasteiger partial charge in [-0.3, -0.25) is 4.79 Å². The molecule has 2 aromatic heterocycles. The lowest BCUT2D eigenvalue weighted by atomic mass is 9.95. The van der Waals surface area contributed by atoms with Crippen molar-refractivity contribution in [1.29, 1.82) is 0 Å². The van der Waals surface area contributed by atoms with Crippen LogP contribution in [-0.2, 0) is 22.4 Å². The molecule has 2 heterocycles. The van der Waals surface area contributed by atoms with Crippen molar-refractivity contribution in [2.45, 2.75) is 25.7 Å². The fraction of sp³-hybridized carbons (Fsp3) is 0.400. The monoisotopic (exact) mass is 347 g/mol. The number of carbonyl (C=O) groups is 2. The van der Waals surface area contributed by atoms with Gasteiger partial charge in [0.2, 0.25) is 0 Å². The van der Waals surface area contributed by atoms with Gasteiger partial charge >= 0.3 is 5.97 Å². The van der Waals surface area contributed by atoms with E-state index in [2.05, 4.69) is 25.6 Å². The van der Waals surface area contributed by atoms with Crippen LogP contribution in [0.3, 0.4) is 0 Å². The van der Waals surface area contributed by atoms with Crippen molar-refractivity contribution in [3.05, 3.63) is 34.5 Å². The maximum Gasteiger partial charge on any atom is 0.330 e. The summed E-state index contributed by atoms with van der Waals surface area (Å²) in [4.78, 5) is 24.9. The van der Waals surface area contributed by atoms with Crippen LogP contribution in [0.4, 0.5) is 0 Å². The van der Waals surface area contributed by atoms with E-state index in [0.717, 1.165) is 36.2 Å². The van der Waals surface area contributed by atoms with Crippen LogP contribution in [0.2, 0.25) is 0 Å². The minimum atomic E-state index is -0.452. The number of nitrogens with zero attached hydrogens (tertiary/aromatic N) is 4. The van der Waals surface area contributed by atoms with Crippen LogP contribution < -0.4 is 5.32 Å². The highest BCUT2D eigenvalue weighted by Gasteiger charge is 2.26. The predicted molar refractivity (Wildman–Crippen MR) is 87.2 cm³/mol. The molecule has 24 heavy (non-hydrogen) atoms. The van der Waals surface area contributed by atoms with Crippen molar-refractivity contribution < 1.29 is 14.3 Å². The van der Waals surface area contributed by atoms with E-state index in [1.54, 1.807) is 17.4 Å². The van der Waals surface area contributed by atoms with Gasteiger partial charge in [-0.25, -0.2) is 4.79 Å². The van der Waals surface area contributed by atoms with Gasteiger partial charge in [0, 0.05) is 17.5 Å². The summed E-state index contributed by atoms with van der Waals surface area (Å²) >= 11 is 1.56. The molecule has 2 aromatic rings. The second-order valence-electron chi connectivity index (χ2n) is 5.28. The Kier molecular flexibility index (Phi) is 4.99. The number of amides is 1. The summed E-state index contributed by atoms with van der Waals surface area (Å²) < 4.78 is 6.04. The molecule has 0 radical (unpaired) electrons. The molecule has 1 amide bonds. The zero-order valence-corrected chi connectivity index (χ0v) is 14.0. The van der Waals surface area contributed by atoms with E-state index in [0.29, 0.717) is 5.56 Å². The second kappa shape index (κ2) is 7.35. The summed E-state index contributed by atoms with van der Waals surface area (Å²) in [6, 6.07) is 0. The van der Waals surface area contributed by atoms with Gasteiger partial charge in [0.15, 0.2) is 0 Å². The Bertz CT molecular complexity index is 766. The molecular weight excluding hydrogens is 330 g/mol. The Morgan fingerprint density at radius 1 is 1.42 bits per heavy atom. The summed E-state index contributed by atoms with van der Waals surface area (Å²) in [5.74, 6) is -0.638. The molecule has 0 bridgehead atoms. The van der Waals surface area contributed by atoms with Crippen LogP contribution in [0, 0.1) is 0 Å². The Morgan fingerprint density at radius 3 is 3.00 bits per heavy atom. The minimum absolute atomic E-state index is 0.186. The molecule has 3 rings (SSSR count). The molecule has 0 aromatic carbocycles. The van der Waals surface area contributed by atoms with E-state index >= 15 is 0 Å². The summed E-state index contributed by atoms with van der Waals surface area (Å²) in [6.45, 7) is 0.244. The molecule has 0 spiro atoms. The number of carbonyl (C=O) groups excluding carboxylic acids is 2. The number of thiophene rings is 1. The molecule has 1 N–H and O–H groups in total. The number of methoxy groups -OCH3 is 1. The number of ether oxygens (including phenoxy) is 1. The quantitative estimate of drug-likeness (QED) is 0.641. The number of aryl methyl sites for hydroxylation is 1. The lowest BCUT2D eigenvalue weighted by Gasteiger charge is -2.12. The van der Waals surface area contributed by atoms with Gasteiger partial charge in [-0.2, -0.15) is 4.68 Å². The Labute approximate surface area is 142 Å². The third-order valence-electron chi connectivity index (χ3n) is 3.77. The molecule has 0 saturated carbocycles. The number of esters is 1. The van der Waals surface area contributed by atoms with Crippen molar-refractivity contribution in [1.82, 2.24) is 25.5 Å². The van der Waals surface area contributed by atoms with Crippen LogP contribution in [0.25, 0.3) is 5.00 Å². The van der Waals surface area contributed by atoms with E-state index in [-0.39, 0.29) is 12.5 Å². The van der Waals surface area contributed by atoms with Gasteiger partial charge in [0.25, 0.3) is 5.91 Å². The maximum atomic E-state index is 12.7. The lowest BCUT2D eigenvalue weighted by Crippen LogP contribution is -2.25. The second-order valence-corrected chi connectivity index (χ2v) is 6.36. The van der Waals surface area contributed by atoms with E-state index in [9.17, 15) is 9.59 Å². The highest BCUT2D eigenvalue weighted by molar-refractivity contribution is 7.15. The maximum absolute atomic E-state index is 12.7. The van der Waals surface area contributed by atoms with Gasteiger partial charge in [-0.15, -0.1) is 16.4 Å². The molecule has 1 aliphatic carbocycles. The minimum Gasteiger partial charge on any atom is -0.466 e. The molecule has 0 atom stereocenters. The standard InChI is InChI=1S/C15H17N5O3S/c1-23-12(21)7-4-8-16-14(22)13-10-5-2-3-6-11(10)24-15(13)20-9-17-18-19-20/h4,7,9H,2-3,5-6,8H2,1H3,(H,16,22)/b7-4+. The summed E-state index contributed by atoms with van der Waals surface area (Å²) in [6.07, 6.45) is 8.39. The van der Waals surface area contributed by atoms with Gasteiger partial charge in [-0.05, 0) is 41.7 Å². The fourth-order valence-corrected chi connectivity index (χ4v) is 3.97. The topological polar surface area (TPSA) is 99.0 Å². The SMILES string of the molecule is COC(=O)/C=C/CNC(=O)c1c(-n2cnnn2)sc2c1CCCC2. The zero-order chi connectivity index (χ0) is 16.9. The summed E-state index contributed by atoms with van der Waals surface area (Å²) in [5.41, 5.74) is 1.72. The normalized spacial score (nSPS) is 13.7. The van der Waals surface area contributed by atoms with Crippen LogP contribution in [0.5, 0.6) is 0 Å². The van der Waals surface area contributed by atoms with Crippen LogP contribution in [0.15, 0.2) is 18.5 Å². The first-order chi connectivity index (χ1) is 11.7. The first-order valence-electron chi connectivity index (χ1n) is 7.61. The average Bonchev–Trinajstić information content (AvgIpc) is 3.25. The first-order valence-corrected chi connectivity index (χ1v) is 8.43. The van der Waals surface area contributed by atoms with Crippen molar-refractivity contribution in [2.24, 2.45) is 0 Å². The Balaban J connectivity index is 1.83. The van der Waals surface area contributed by atoms with Gasteiger partial charge in [0.05, 0.1) is 12.7 Å². The largest absolute Gasteiger partial charge is 0.466 e. The number of hydrogen-bond donors (Lipinski definition) is 1. The van der Waals surface area contributed by atoms with Crippen LogP contribution in [-0.4, -0.2) is 45.7 Å². The number of hydrogen-bond acceptors (Lipinski definition) is 7. The smallest absolute Gasteiger partial charge is 0.330 e. The molecular formula is C15H17N5O3S. The van der Waals surface area contributed by atoms with Crippen molar-refractivity contribution in [3.8, 4) is 5.00 Å². The molecule has 1 aliphatic rings. The third-order valence-corrected chi connectivity index (χ3v) is 5.05. The molecule has 0 saturated heterocycles. The van der Waals surface area contributed by atoms with Crippen molar-refractivity contribution in [3.63, 3.8) is 0 Å². The first kappa shape index (κ1) is 16.3. The van der Waals surface area contributed by atoms with E-state index in [4.69, 9.17) is 0 Å². The molecule has 0 aliphatic heterocycles. The molecule has 0 unspecified atom stereocenters. The van der Waals surface area contributed by atoms with Crippen LogP contribution >= 0.6 is 11.3 Å². The Hall–Kier alpha value is -2.55. The van der Waals surface area contributed by atoms with E-state index < -0.39 is 5.97 Å².